The summed E-state index contributed by atoms with van der Waals surface area (Å²) in [7, 11) is 0. The fraction of sp³-hybridized carbons (Fsp3) is 0.304. The number of imide groups is 1. The molecule has 2 aromatic carbocycles. The minimum Gasteiger partial charge on any atom is -0.337 e. The Bertz CT molecular complexity index is 1060. The van der Waals surface area contributed by atoms with Crippen molar-refractivity contribution in [3.05, 3.63) is 65.2 Å². The van der Waals surface area contributed by atoms with E-state index in [4.69, 9.17) is 0 Å². The molecule has 7 heteroatoms. The molecule has 0 radical (unpaired) electrons. The van der Waals surface area contributed by atoms with Gasteiger partial charge in [0, 0.05) is 37.2 Å². The topological polar surface area (TPSA) is 86.8 Å². The summed E-state index contributed by atoms with van der Waals surface area (Å²) in [5.74, 6) is -0.478. The Hall–Kier alpha value is -3.48. The molecule has 1 unspecified atom stereocenters. The summed E-state index contributed by atoms with van der Waals surface area (Å²) >= 11 is 0. The van der Waals surface area contributed by atoms with Crippen LogP contribution in [0.2, 0.25) is 0 Å². The average molecular weight is 403 g/mol. The molecular weight excluding hydrogens is 382 g/mol. The Labute approximate surface area is 173 Å². The van der Waals surface area contributed by atoms with Gasteiger partial charge in [-0.2, -0.15) is 0 Å². The van der Waals surface area contributed by atoms with E-state index in [1.165, 1.54) is 4.90 Å². The van der Waals surface area contributed by atoms with E-state index in [9.17, 15) is 19.2 Å². The number of amides is 4. The van der Waals surface area contributed by atoms with Crippen molar-refractivity contribution in [3.63, 3.8) is 0 Å². The number of carbonyl (C=O) groups excluding carboxylic acids is 4. The van der Waals surface area contributed by atoms with E-state index in [1.54, 1.807) is 29.2 Å². The summed E-state index contributed by atoms with van der Waals surface area (Å²) in [5, 5.41) is 2.94. The molecule has 0 bridgehead atoms. The molecule has 2 aromatic rings. The normalized spacial score (nSPS) is 22.7. The van der Waals surface area contributed by atoms with Crippen LogP contribution >= 0.6 is 0 Å². The van der Waals surface area contributed by atoms with Crippen molar-refractivity contribution in [2.24, 2.45) is 0 Å². The number of carbonyl (C=O) groups is 4. The van der Waals surface area contributed by atoms with Crippen LogP contribution < -0.4 is 5.32 Å². The van der Waals surface area contributed by atoms with Crippen molar-refractivity contribution in [2.75, 3.05) is 18.4 Å². The fourth-order valence-electron chi connectivity index (χ4n) is 4.68. The third kappa shape index (κ3) is 2.81. The Balaban J connectivity index is 1.31. The van der Waals surface area contributed by atoms with E-state index in [-0.39, 0.29) is 43.0 Å². The molecule has 5 rings (SSSR count). The van der Waals surface area contributed by atoms with E-state index in [1.807, 2.05) is 24.3 Å². The van der Waals surface area contributed by atoms with Crippen LogP contribution in [0.5, 0.6) is 0 Å². The molecule has 2 saturated heterocycles. The predicted octanol–water partition coefficient (Wildman–Crippen LogP) is 2.07. The van der Waals surface area contributed by atoms with Crippen LogP contribution in [0.4, 0.5) is 5.69 Å². The summed E-state index contributed by atoms with van der Waals surface area (Å²) in [6.45, 7) is 1.10. The first-order valence-electron chi connectivity index (χ1n) is 10.1. The number of nitrogens with one attached hydrogen (secondary N) is 1. The van der Waals surface area contributed by atoms with Crippen molar-refractivity contribution in [1.29, 1.82) is 0 Å². The first kappa shape index (κ1) is 18.5. The summed E-state index contributed by atoms with van der Waals surface area (Å²) in [6, 6.07) is 14.6. The summed E-state index contributed by atoms with van der Waals surface area (Å²) in [5.41, 5.74) is 2.44. The summed E-state index contributed by atoms with van der Waals surface area (Å²) in [4.78, 5) is 52.3. The van der Waals surface area contributed by atoms with Crippen molar-refractivity contribution in [3.8, 4) is 0 Å². The van der Waals surface area contributed by atoms with Crippen LogP contribution in [0.3, 0.4) is 0 Å². The second-order valence-corrected chi connectivity index (χ2v) is 8.13. The molecule has 1 N–H and O–H groups in total. The van der Waals surface area contributed by atoms with Crippen molar-refractivity contribution < 1.29 is 19.2 Å². The molecule has 3 aliphatic heterocycles. The van der Waals surface area contributed by atoms with Gasteiger partial charge >= 0.3 is 0 Å². The lowest BCUT2D eigenvalue weighted by molar-refractivity contribution is -0.139. The molecular formula is C23H21N3O4. The van der Waals surface area contributed by atoms with E-state index in [0.29, 0.717) is 25.1 Å². The molecule has 0 saturated carbocycles. The second-order valence-electron chi connectivity index (χ2n) is 8.13. The van der Waals surface area contributed by atoms with Crippen LogP contribution in [-0.2, 0) is 26.3 Å². The van der Waals surface area contributed by atoms with Gasteiger partial charge in [-0.3, -0.25) is 24.1 Å². The third-order valence-electron chi connectivity index (χ3n) is 6.38. The number of benzene rings is 2. The standard InChI is InChI=1S/C23H21N3O4/c27-19-9-10-20(28)26(19)13-15-5-7-16(8-6-15)21(29)25-12-11-23(14-25)17-3-1-2-4-18(17)24-22(23)30/h1-8H,9-14H2,(H,24,30). The van der Waals surface area contributed by atoms with Gasteiger partial charge in [-0.1, -0.05) is 30.3 Å². The highest BCUT2D eigenvalue weighted by molar-refractivity contribution is 6.07. The zero-order valence-corrected chi connectivity index (χ0v) is 16.4. The Morgan fingerprint density at radius 1 is 0.967 bits per heavy atom. The summed E-state index contributed by atoms with van der Waals surface area (Å²) in [6.07, 6.45) is 1.13. The number of anilines is 1. The molecule has 1 spiro atoms. The number of nitrogens with zero attached hydrogens (tertiary/aromatic N) is 2. The van der Waals surface area contributed by atoms with E-state index < -0.39 is 5.41 Å². The molecule has 30 heavy (non-hydrogen) atoms. The lowest BCUT2D eigenvalue weighted by Gasteiger charge is -2.22. The van der Waals surface area contributed by atoms with Crippen molar-refractivity contribution in [2.45, 2.75) is 31.2 Å². The molecule has 4 amide bonds. The Morgan fingerprint density at radius 2 is 1.67 bits per heavy atom. The molecule has 0 aromatic heterocycles. The quantitative estimate of drug-likeness (QED) is 0.795. The van der Waals surface area contributed by atoms with Crippen LogP contribution in [-0.4, -0.2) is 46.5 Å². The molecule has 2 fully saturated rings. The lowest BCUT2D eigenvalue weighted by Crippen LogP contribution is -2.39. The minimum atomic E-state index is -0.678. The highest BCUT2D eigenvalue weighted by atomic mass is 16.2. The van der Waals surface area contributed by atoms with Gasteiger partial charge in [0.25, 0.3) is 5.91 Å². The highest BCUT2D eigenvalue weighted by Gasteiger charge is 2.51. The smallest absolute Gasteiger partial charge is 0.253 e. The van der Waals surface area contributed by atoms with Crippen molar-refractivity contribution in [1.82, 2.24) is 9.80 Å². The van der Waals surface area contributed by atoms with Gasteiger partial charge in [0.15, 0.2) is 0 Å². The number of fused-ring (bicyclic) bond motifs is 2. The first-order chi connectivity index (χ1) is 14.5. The van der Waals surface area contributed by atoms with Gasteiger partial charge < -0.3 is 10.2 Å². The van der Waals surface area contributed by atoms with Gasteiger partial charge in [-0.25, -0.2) is 0 Å². The number of hydrogen-bond donors (Lipinski definition) is 1. The van der Waals surface area contributed by atoms with Gasteiger partial charge in [0.2, 0.25) is 17.7 Å². The average Bonchev–Trinajstić information content (AvgIpc) is 3.42. The van der Waals surface area contributed by atoms with Gasteiger partial charge in [0.1, 0.15) is 0 Å². The van der Waals surface area contributed by atoms with Gasteiger partial charge in [-0.05, 0) is 35.7 Å². The van der Waals surface area contributed by atoms with Crippen LogP contribution in [0.25, 0.3) is 0 Å². The Kier molecular flexibility index (Phi) is 4.20. The monoisotopic (exact) mass is 403 g/mol. The van der Waals surface area contributed by atoms with Gasteiger partial charge in [-0.15, -0.1) is 0 Å². The first-order valence-corrected chi connectivity index (χ1v) is 10.1. The zero-order chi connectivity index (χ0) is 20.9. The fourth-order valence-corrected chi connectivity index (χ4v) is 4.68. The molecule has 1 atom stereocenters. The molecule has 152 valence electrons. The second kappa shape index (κ2) is 6.79. The third-order valence-corrected chi connectivity index (χ3v) is 6.38. The largest absolute Gasteiger partial charge is 0.337 e. The van der Waals surface area contributed by atoms with E-state index in [0.717, 1.165) is 16.8 Å². The van der Waals surface area contributed by atoms with Gasteiger partial charge in [0.05, 0.1) is 12.0 Å². The lowest BCUT2D eigenvalue weighted by atomic mass is 9.81. The number of hydrogen-bond acceptors (Lipinski definition) is 4. The molecule has 3 aliphatic rings. The zero-order valence-electron chi connectivity index (χ0n) is 16.4. The number of rotatable bonds is 3. The van der Waals surface area contributed by atoms with E-state index >= 15 is 0 Å². The highest BCUT2D eigenvalue weighted by Crippen LogP contribution is 2.44. The van der Waals surface area contributed by atoms with Crippen LogP contribution in [0, 0.1) is 0 Å². The minimum absolute atomic E-state index is 0.0469. The van der Waals surface area contributed by atoms with E-state index in [2.05, 4.69) is 5.32 Å². The van der Waals surface area contributed by atoms with Crippen LogP contribution in [0.1, 0.15) is 40.7 Å². The van der Waals surface area contributed by atoms with Crippen molar-refractivity contribution >= 4 is 29.3 Å². The predicted molar refractivity (Wildman–Crippen MR) is 109 cm³/mol. The van der Waals surface area contributed by atoms with Crippen LogP contribution in [0.15, 0.2) is 48.5 Å². The SMILES string of the molecule is O=C(c1ccc(CN2C(=O)CCC2=O)cc1)N1CCC2(C1)C(=O)Nc1ccccc12. The Morgan fingerprint density at radius 3 is 2.40 bits per heavy atom. The molecule has 7 nitrogen and oxygen atoms in total. The maximum Gasteiger partial charge on any atom is 0.253 e. The molecule has 0 aliphatic carbocycles. The maximum atomic E-state index is 13.0. The number of likely N-dealkylation sites (tertiary alicyclic amines) is 2. The number of para-hydroxylation sites is 1. The maximum absolute atomic E-state index is 13.0. The summed E-state index contributed by atoms with van der Waals surface area (Å²) < 4.78 is 0. The molecule has 3 heterocycles.